The van der Waals surface area contributed by atoms with Gasteiger partial charge in [-0.3, -0.25) is 9.59 Å². The van der Waals surface area contributed by atoms with Crippen molar-refractivity contribution in [2.75, 3.05) is 29.9 Å². The Kier molecular flexibility index (Phi) is 7.29. The number of anilines is 2. The molecule has 2 aliphatic rings. The molecule has 0 bridgehead atoms. The maximum atomic E-state index is 12.7. The lowest BCUT2D eigenvalue weighted by atomic mass is 10.0. The topological polar surface area (TPSA) is 61.4 Å². The molecule has 5 nitrogen and oxygen atoms in total. The average Bonchev–Trinajstić information content (AvgIpc) is 3.37. The summed E-state index contributed by atoms with van der Waals surface area (Å²) in [5, 5.41) is 6.29. The van der Waals surface area contributed by atoms with Crippen molar-refractivity contribution in [1.82, 2.24) is 5.32 Å². The molecule has 0 saturated carbocycles. The Bertz CT molecular complexity index is 847. The van der Waals surface area contributed by atoms with Gasteiger partial charge in [0.1, 0.15) is 0 Å². The molecule has 2 heterocycles. The fraction of sp³-hybridized carbons (Fsp3) is 0.391. The summed E-state index contributed by atoms with van der Waals surface area (Å²) >= 11 is 0. The number of benzene rings is 2. The number of rotatable bonds is 6. The van der Waals surface area contributed by atoms with Crippen molar-refractivity contribution in [2.45, 2.75) is 32.1 Å². The number of nitrogens with zero attached hydrogens (tertiary/aromatic N) is 1. The first kappa shape index (κ1) is 21.3. The van der Waals surface area contributed by atoms with Gasteiger partial charge in [0, 0.05) is 24.3 Å². The standard InChI is InChI=1S/C23H27N3O2.ClH/c27-22(10-7-18-11-13-24-16-18)25-20-8-5-17(6-9-20)15-23(28)26-14-12-19-3-1-2-4-21(19)26;/h1-6,8-9,18,24H,7,10-16H2,(H,25,27);1H. The molecule has 154 valence electrons. The quantitative estimate of drug-likeness (QED) is 0.761. The molecule has 1 atom stereocenters. The van der Waals surface area contributed by atoms with Crippen LogP contribution >= 0.6 is 12.4 Å². The van der Waals surface area contributed by atoms with Crippen LogP contribution in [0.25, 0.3) is 0 Å². The van der Waals surface area contributed by atoms with Gasteiger partial charge in [-0.2, -0.15) is 0 Å². The number of amides is 2. The van der Waals surface area contributed by atoms with Crippen LogP contribution in [0.2, 0.25) is 0 Å². The summed E-state index contributed by atoms with van der Waals surface area (Å²) in [5.74, 6) is 0.797. The van der Waals surface area contributed by atoms with E-state index >= 15 is 0 Å². The summed E-state index contributed by atoms with van der Waals surface area (Å²) in [4.78, 5) is 26.7. The second-order valence-electron chi connectivity index (χ2n) is 7.74. The van der Waals surface area contributed by atoms with Crippen molar-refractivity contribution in [3.63, 3.8) is 0 Å². The van der Waals surface area contributed by atoms with Crippen LogP contribution in [0.3, 0.4) is 0 Å². The molecular weight excluding hydrogens is 386 g/mol. The minimum absolute atomic E-state index is 0. The predicted molar refractivity (Wildman–Crippen MR) is 119 cm³/mol. The molecular formula is C23H28ClN3O2. The number of fused-ring (bicyclic) bond motifs is 1. The van der Waals surface area contributed by atoms with Crippen LogP contribution in [-0.4, -0.2) is 31.4 Å². The number of halogens is 1. The van der Waals surface area contributed by atoms with Gasteiger partial charge in [-0.15, -0.1) is 12.4 Å². The molecule has 1 unspecified atom stereocenters. The minimum atomic E-state index is 0. The van der Waals surface area contributed by atoms with Gasteiger partial charge < -0.3 is 15.5 Å². The van der Waals surface area contributed by atoms with E-state index < -0.39 is 0 Å². The molecule has 1 saturated heterocycles. The van der Waals surface area contributed by atoms with E-state index in [0.29, 0.717) is 18.8 Å². The van der Waals surface area contributed by atoms with E-state index in [2.05, 4.69) is 16.7 Å². The van der Waals surface area contributed by atoms with Crippen molar-refractivity contribution in [3.8, 4) is 0 Å². The molecule has 2 aromatic rings. The lowest BCUT2D eigenvalue weighted by Gasteiger charge is -2.17. The zero-order valence-corrected chi connectivity index (χ0v) is 17.3. The predicted octanol–water partition coefficient (Wildman–Crippen LogP) is 3.57. The first-order valence-corrected chi connectivity index (χ1v) is 10.2. The van der Waals surface area contributed by atoms with E-state index in [0.717, 1.165) is 55.8 Å². The molecule has 2 amide bonds. The van der Waals surface area contributed by atoms with Crippen LogP contribution in [0.1, 0.15) is 30.4 Å². The van der Waals surface area contributed by atoms with Crippen LogP contribution in [0.4, 0.5) is 11.4 Å². The van der Waals surface area contributed by atoms with Crippen LogP contribution in [-0.2, 0) is 22.4 Å². The fourth-order valence-corrected chi connectivity index (χ4v) is 4.09. The smallest absolute Gasteiger partial charge is 0.231 e. The molecule has 0 aromatic heterocycles. The van der Waals surface area contributed by atoms with E-state index in [4.69, 9.17) is 0 Å². The number of nitrogens with one attached hydrogen (secondary N) is 2. The van der Waals surface area contributed by atoms with Crippen molar-refractivity contribution >= 4 is 35.6 Å². The summed E-state index contributed by atoms with van der Waals surface area (Å²) in [6.45, 7) is 2.84. The molecule has 4 rings (SSSR count). The molecule has 29 heavy (non-hydrogen) atoms. The Morgan fingerprint density at radius 1 is 1.10 bits per heavy atom. The monoisotopic (exact) mass is 413 g/mol. The third-order valence-corrected chi connectivity index (χ3v) is 5.72. The summed E-state index contributed by atoms with van der Waals surface area (Å²) in [6, 6.07) is 15.7. The number of carbonyl (C=O) groups excluding carboxylic acids is 2. The molecule has 0 spiro atoms. The van der Waals surface area contributed by atoms with E-state index in [-0.39, 0.29) is 24.2 Å². The Balaban J connectivity index is 0.00000240. The zero-order chi connectivity index (χ0) is 19.3. The van der Waals surface area contributed by atoms with E-state index in [1.165, 1.54) is 5.56 Å². The molecule has 2 N–H and O–H groups in total. The van der Waals surface area contributed by atoms with Gasteiger partial charge >= 0.3 is 0 Å². The van der Waals surface area contributed by atoms with Crippen LogP contribution < -0.4 is 15.5 Å². The highest BCUT2D eigenvalue weighted by Gasteiger charge is 2.24. The van der Waals surface area contributed by atoms with Crippen molar-refractivity contribution < 1.29 is 9.59 Å². The summed E-state index contributed by atoms with van der Waals surface area (Å²) < 4.78 is 0. The van der Waals surface area contributed by atoms with E-state index in [9.17, 15) is 9.59 Å². The SMILES string of the molecule is Cl.O=C(CCC1CCNC1)Nc1ccc(CC(=O)N2CCc3ccccc32)cc1. The normalized spacial score (nSPS) is 17.5. The number of carbonyl (C=O) groups is 2. The minimum Gasteiger partial charge on any atom is -0.326 e. The Morgan fingerprint density at radius 2 is 1.90 bits per heavy atom. The lowest BCUT2D eigenvalue weighted by molar-refractivity contribution is -0.118. The highest BCUT2D eigenvalue weighted by molar-refractivity contribution is 5.97. The first-order chi connectivity index (χ1) is 13.7. The second-order valence-corrected chi connectivity index (χ2v) is 7.74. The average molecular weight is 414 g/mol. The maximum absolute atomic E-state index is 12.7. The summed E-state index contributed by atoms with van der Waals surface area (Å²) in [7, 11) is 0. The number of hydrogen-bond donors (Lipinski definition) is 2. The Hall–Kier alpha value is -2.37. The lowest BCUT2D eigenvalue weighted by Crippen LogP contribution is -2.30. The van der Waals surface area contributed by atoms with E-state index in [1.54, 1.807) is 0 Å². The number of para-hydroxylation sites is 1. The van der Waals surface area contributed by atoms with Gasteiger partial charge in [0.25, 0.3) is 0 Å². The van der Waals surface area contributed by atoms with Crippen LogP contribution in [0.15, 0.2) is 48.5 Å². The fourth-order valence-electron chi connectivity index (χ4n) is 4.09. The van der Waals surface area contributed by atoms with Gasteiger partial charge in [0.15, 0.2) is 0 Å². The molecule has 0 radical (unpaired) electrons. The third kappa shape index (κ3) is 5.37. The largest absolute Gasteiger partial charge is 0.326 e. The molecule has 2 aromatic carbocycles. The van der Waals surface area contributed by atoms with E-state index in [1.807, 2.05) is 47.4 Å². The summed E-state index contributed by atoms with van der Waals surface area (Å²) in [5.41, 5.74) is 4.03. The van der Waals surface area contributed by atoms with Gasteiger partial charge in [-0.25, -0.2) is 0 Å². The number of hydrogen-bond acceptors (Lipinski definition) is 3. The zero-order valence-electron chi connectivity index (χ0n) is 16.5. The van der Waals surface area contributed by atoms with Crippen LogP contribution in [0.5, 0.6) is 0 Å². The molecule has 2 aliphatic heterocycles. The van der Waals surface area contributed by atoms with Crippen molar-refractivity contribution in [2.24, 2.45) is 5.92 Å². The molecule has 0 aliphatic carbocycles. The molecule has 6 heteroatoms. The highest BCUT2D eigenvalue weighted by atomic mass is 35.5. The van der Waals surface area contributed by atoms with Gasteiger partial charge in [0.2, 0.25) is 11.8 Å². The Morgan fingerprint density at radius 3 is 2.66 bits per heavy atom. The first-order valence-electron chi connectivity index (χ1n) is 10.2. The van der Waals surface area contributed by atoms with Gasteiger partial charge in [-0.1, -0.05) is 30.3 Å². The van der Waals surface area contributed by atoms with Gasteiger partial charge in [-0.05, 0) is 67.6 Å². The van der Waals surface area contributed by atoms with Crippen LogP contribution in [0, 0.1) is 5.92 Å². The summed E-state index contributed by atoms with van der Waals surface area (Å²) in [6.07, 6.45) is 3.95. The second kappa shape index (κ2) is 9.90. The molecule has 1 fully saturated rings. The maximum Gasteiger partial charge on any atom is 0.231 e. The van der Waals surface area contributed by atoms with Gasteiger partial charge in [0.05, 0.1) is 6.42 Å². The van der Waals surface area contributed by atoms with Crippen molar-refractivity contribution in [3.05, 3.63) is 59.7 Å². The Labute approximate surface area is 178 Å². The third-order valence-electron chi connectivity index (χ3n) is 5.72. The highest BCUT2D eigenvalue weighted by Crippen LogP contribution is 2.28. The van der Waals surface area contributed by atoms with Crippen molar-refractivity contribution in [1.29, 1.82) is 0 Å².